The molecule has 0 fully saturated rings. The lowest BCUT2D eigenvalue weighted by Crippen LogP contribution is -1.82. The molecule has 1 aromatic heterocycles. The Morgan fingerprint density at radius 1 is 1.00 bits per heavy atom. The first kappa shape index (κ1) is 10.5. The van der Waals surface area contributed by atoms with Crippen LogP contribution in [0, 0.1) is 32.1 Å². The summed E-state index contributed by atoms with van der Waals surface area (Å²) in [6, 6.07) is 9.85. The van der Waals surface area contributed by atoms with E-state index in [4.69, 9.17) is 5.26 Å². The molecule has 16 heavy (non-hydrogen) atoms. The molecule has 0 atom stereocenters. The molecule has 0 bridgehead atoms. The first-order chi connectivity index (χ1) is 7.63. The summed E-state index contributed by atoms with van der Waals surface area (Å²) in [6.45, 7) is 6.27. The van der Waals surface area contributed by atoms with E-state index in [1.807, 2.05) is 24.3 Å². The van der Waals surface area contributed by atoms with Gasteiger partial charge in [0, 0.05) is 17.0 Å². The van der Waals surface area contributed by atoms with E-state index in [-0.39, 0.29) is 0 Å². The van der Waals surface area contributed by atoms with Crippen LogP contribution in [0.15, 0.2) is 24.3 Å². The van der Waals surface area contributed by atoms with Crippen molar-refractivity contribution in [3.63, 3.8) is 0 Å². The maximum absolute atomic E-state index is 8.76. The smallest absolute Gasteiger partial charge is 0.0991 e. The van der Waals surface area contributed by atoms with Crippen molar-refractivity contribution in [1.29, 1.82) is 5.26 Å². The van der Waals surface area contributed by atoms with E-state index < -0.39 is 0 Å². The number of aromatic nitrogens is 1. The molecule has 2 aromatic rings. The third kappa shape index (κ3) is 1.61. The normalized spacial score (nSPS) is 10.1. The predicted molar refractivity (Wildman–Crippen MR) is 65.2 cm³/mol. The average Bonchev–Trinajstić information content (AvgIpc) is 2.54. The van der Waals surface area contributed by atoms with Gasteiger partial charge in [-0.05, 0) is 44.0 Å². The molecule has 0 saturated carbocycles. The number of nitrogens with zero attached hydrogens (tertiary/aromatic N) is 1. The van der Waals surface area contributed by atoms with Crippen LogP contribution in [-0.2, 0) is 0 Å². The topological polar surface area (TPSA) is 39.6 Å². The van der Waals surface area contributed by atoms with Gasteiger partial charge in [0.15, 0.2) is 0 Å². The summed E-state index contributed by atoms with van der Waals surface area (Å²) >= 11 is 0. The minimum absolute atomic E-state index is 0.700. The fourth-order valence-electron chi connectivity index (χ4n) is 2.05. The molecule has 0 unspecified atom stereocenters. The molecular weight excluding hydrogens is 196 g/mol. The van der Waals surface area contributed by atoms with Gasteiger partial charge in [0.05, 0.1) is 11.6 Å². The molecule has 0 aliphatic carbocycles. The van der Waals surface area contributed by atoms with E-state index in [1.54, 1.807) is 0 Å². The highest BCUT2D eigenvalue weighted by Gasteiger charge is 2.10. The molecule has 1 N–H and O–H groups in total. The highest BCUT2D eigenvalue weighted by atomic mass is 14.7. The third-order valence-corrected chi connectivity index (χ3v) is 2.99. The van der Waals surface area contributed by atoms with Crippen LogP contribution >= 0.6 is 0 Å². The molecular formula is C14H14N2. The van der Waals surface area contributed by atoms with Crippen molar-refractivity contribution in [2.24, 2.45) is 0 Å². The van der Waals surface area contributed by atoms with Gasteiger partial charge in [0.2, 0.25) is 0 Å². The number of nitriles is 1. The third-order valence-electron chi connectivity index (χ3n) is 2.99. The number of aromatic amines is 1. The maximum Gasteiger partial charge on any atom is 0.0991 e. The fraction of sp³-hybridized carbons (Fsp3) is 0.214. The predicted octanol–water partition coefficient (Wildman–Crippen LogP) is 3.48. The molecule has 1 heterocycles. The summed E-state index contributed by atoms with van der Waals surface area (Å²) < 4.78 is 0. The summed E-state index contributed by atoms with van der Waals surface area (Å²) in [6.07, 6.45) is 0. The van der Waals surface area contributed by atoms with Gasteiger partial charge in [-0.15, -0.1) is 0 Å². The van der Waals surface area contributed by atoms with Gasteiger partial charge in [-0.25, -0.2) is 0 Å². The van der Waals surface area contributed by atoms with Crippen LogP contribution in [0.3, 0.4) is 0 Å². The average molecular weight is 210 g/mol. The molecule has 0 aliphatic heterocycles. The van der Waals surface area contributed by atoms with Crippen molar-refractivity contribution >= 4 is 0 Å². The lowest BCUT2D eigenvalue weighted by molar-refractivity contribution is 1.18. The first-order valence-corrected chi connectivity index (χ1v) is 5.29. The fourth-order valence-corrected chi connectivity index (χ4v) is 2.05. The number of hydrogen-bond acceptors (Lipinski definition) is 1. The Kier molecular flexibility index (Phi) is 2.54. The van der Waals surface area contributed by atoms with Gasteiger partial charge >= 0.3 is 0 Å². The Balaban J connectivity index is 2.55. The van der Waals surface area contributed by atoms with E-state index in [9.17, 15) is 0 Å². The van der Waals surface area contributed by atoms with Crippen molar-refractivity contribution < 1.29 is 0 Å². The van der Waals surface area contributed by atoms with Gasteiger partial charge < -0.3 is 4.98 Å². The molecule has 2 heteroatoms. The molecule has 0 spiro atoms. The Bertz CT molecular complexity index is 554. The Morgan fingerprint density at radius 3 is 2.06 bits per heavy atom. The van der Waals surface area contributed by atoms with E-state index in [0.29, 0.717) is 5.56 Å². The van der Waals surface area contributed by atoms with Crippen LogP contribution in [-0.4, -0.2) is 4.98 Å². The van der Waals surface area contributed by atoms with E-state index in [2.05, 4.69) is 31.8 Å². The molecule has 2 rings (SSSR count). The number of H-pyrrole nitrogens is 1. The van der Waals surface area contributed by atoms with Crippen LogP contribution < -0.4 is 0 Å². The molecule has 0 aliphatic rings. The summed E-state index contributed by atoms with van der Waals surface area (Å²) in [4.78, 5) is 3.34. The number of aryl methyl sites for hydroxylation is 2. The second-order valence-corrected chi connectivity index (χ2v) is 4.06. The van der Waals surface area contributed by atoms with Crippen LogP contribution in [0.25, 0.3) is 11.1 Å². The molecule has 0 saturated heterocycles. The van der Waals surface area contributed by atoms with Gasteiger partial charge in [0.25, 0.3) is 0 Å². The number of benzene rings is 1. The maximum atomic E-state index is 8.76. The SMILES string of the molecule is Cc1[nH]c(C)c(-c2ccc(C#N)cc2)c1C. The summed E-state index contributed by atoms with van der Waals surface area (Å²) in [5.41, 5.74) is 6.78. The van der Waals surface area contributed by atoms with E-state index in [1.165, 1.54) is 28.1 Å². The van der Waals surface area contributed by atoms with Crippen molar-refractivity contribution in [3.05, 3.63) is 46.8 Å². The lowest BCUT2D eigenvalue weighted by Gasteiger charge is -2.02. The molecule has 2 nitrogen and oxygen atoms in total. The van der Waals surface area contributed by atoms with Crippen LogP contribution in [0.4, 0.5) is 0 Å². The number of nitrogens with one attached hydrogen (secondary N) is 1. The Morgan fingerprint density at radius 2 is 1.62 bits per heavy atom. The second-order valence-electron chi connectivity index (χ2n) is 4.06. The Hall–Kier alpha value is -2.01. The summed E-state index contributed by atoms with van der Waals surface area (Å²) in [5, 5.41) is 8.76. The van der Waals surface area contributed by atoms with E-state index in [0.717, 1.165) is 0 Å². The number of rotatable bonds is 1. The molecule has 0 radical (unpaired) electrons. The van der Waals surface area contributed by atoms with Crippen molar-refractivity contribution in [3.8, 4) is 17.2 Å². The minimum atomic E-state index is 0.700. The largest absolute Gasteiger partial charge is 0.362 e. The minimum Gasteiger partial charge on any atom is -0.362 e. The Labute approximate surface area is 95.6 Å². The van der Waals surface area contributed by atoms with E-state index >= 15 is 0 Å². The monoisotopic (exact) mass is 210 g/mol. The lowest BCUT2D eigenvalue weighted by atomic mass is 10.0. The zero-order valence-corrected chi connectivity index (χ0v) is 9.76. The summed E-state index contributed by atoms with van der Waals surface area (Å²) in [7, 11) is 0. The highest BCUT2D eigenvalue weighted by Crippen LogP contribution is 2.29. The van der Waals surface area contributed by atoms with Gasteiger partial charge in [-0.1, -0.05) is 12.1 Å². The quantitative estimate of drug-likeness (QED) is 0.769. The molecule has 80 valence electrons. The standard InChI is InChI=1S/C14H14N2/c1-9-10(2)16-11(3)14(9)13-6-4-12(8-15)5-7-13/h4-7,16H,1-3H3. The molecule has 1 aromatic carbocycles. The van der Waals surface area contributed by atoms with Crippen molar-refractivity contribution in [2.45, 2.75) is 20.8 Å². The second kappa shape index (κ2) is 3.86. The van der Waals surface area contributed by atoms with Crippen LogP contribution in [0.2, 0.25) is 0 Å². The van der Waals surface area contributed by atoms with Crippen LogP contribution in [0.5, 0.6) is 0 Å². The van der Waals surface area contributed by atoms with Crippen molar-refractivity contribution in [1.82, 2.24) is 4.98 Å². The first-order valence-electron chi connectivity index (χ1n) is 5.29. The van der Waals surface area contributed by atoms with Crippen LogP contribution in [0.1, 0.15) is 22.5 Å². The zero-order chi connectivity index (χ0) is 11.7. The van der Waals surface area contributed by atoms with Gasteiger partial charge in [0.1, 0.15) is 0 Å². The summed E-state index contributed by atoms with van der Waals surface area (Å²) in [5.74, 6) is 0. The number of hydrogen-bond donors (Lipinski definition) is 1. The van der Waals surface area contributed by atoms with Gasteiger partial charge in [-0.3, -0.25) is 0 Å². The molecule has 0 amide bonds. The van der Waals surface area contributed by atoms with Crippen molar-refractivity contribution in [2.75, 3.05) is 0 Å². The highest BCUT2D eigenvalue weighted by molar-refractivity contribution is 5.71. The zero-order valence-electron chi connectivity index (χ0n) is 9.76. The van der Waals surface area contributed by atoms with Gasteiger partial charge in [-0.2, -0.15) is 5.26 Å².